The molecule has 1 aromatic heterocycles. The van der Waals surface area contributed by atoms with Crippen molar-refractivity contribution < 1.29 is 14.3 Å². The SMILES string of the molecule is Cc1ccc(NC(=O)[C@@H](C)OC(=O)CSCc2cccs2)c(C)c1. The Kier molecular flexibility index (Phi) is 6.87. The van der Waals surface area contributed by atoms with Crippen molar-refractivity contribution in [2.24, 2.45) is 0 Å². The number of anilines is 1. The van der Waals surface area contributed by atoms with E-state index < -0.39 is 6.10 Å². The van der Waals surface area contributed by atoms with Gasteiger partial charge >= 0.3 is 5.97 Å². The molecular weight excluding hydrogens is 342 g/mol. The van der Waals surface area contributed by atoms with Gasteiger partial charge in [-0.1, -0.05) is 23.8 Å². The van der Waals surface area contributed by atoms with Crippen LogP contribution in [0, 0.1) is 13.8 Å². The van der Waals surface area contributed by atoms with Crippen LogP contribution in [0.2, 0.25) is 0 Å². The smallest absolute Gasteiger partial charge is 0.316 e. The summed E-state index contributed by atoms with van der Waals surface area (Å²) in [6.07, 6.45) is -0.819. The Hall–Kier alpha value is -1.79. The molecule has 2 aromatic rings. The highest BCUT2D eigenvalue weighted by atomic mass is 32.2. The second-order valence-electron chi connectivity index (χ2n) is 5.51. The molecule has 0 fully saturated rings. The van der Waals surface area contributed by atoms with Crippen LogP contribution in [-0.4, -0.2) is 23.7 Å². The maximum Gasteiger partial charge on any atom is 0.316 e. The molecule has 0 unspecified atom stereocenters. The first-order chi connectivity index (χ1) is 11.5. The highest BCUT2D eigenvalue weighted by molar-refractivity contribution is 7.99. The molecule has 4 nitrogen and oxygen atoms in total. The topological polar surface area (TPSA) is 55.4 Å². The number of ether oxygens (including phenoxy) is 1. The van der Waals surface area contributed by atoms with Crippen molar-refractivity contribution in [2.45, 2.75) is 32.6 Å². The minimum atomic E-state index is -0.819. The second kappa shape index (κ2) is 8.89. The van der Waals surface area contributed by atoms with Gasteiger partial charge in [-0.2, -0.15) is 0 Å². The van der Waals surface area contributed by atoms with Crippen LogP contribution in [0.15, 0.2) is 35.7 Å². The fourth-order valence-corrected chi connectivity index (χ4v) is 3.75. The summed E-state index contributed by atoms with van der Waals surface area (Å²) in [4.78, 5) is 25.2. The molecular formula is C18H21NO3S2. The Morgan fingerprint density at radius 3 is 2.75 bits per heavy atom. The third kappa shape index (κ3) is 5.69. The Balaban J connectivity index is 1.76. The number of thiophene rings is 1. The van der Waals surface area contributed by atoms with E-state index in [0.29, 0.717) is 0 Å². The zero-order valence-corrected chi connectivity index (χ0v) is 15.6. The zero-order valence-electron chi connectivity index (χ0n) is 14.0. The molecule has 128 valence electrons. The van der Waals surface area contributed by atoms with Crippen molar-refractivity contribution in [1.29, 1.82) is 0 Å². The van der Waals surface area contributed by atoms with Crippen LogP contribution in [0.25, 0.3) is 0 Å². The Labute approximate surface area is 150 Å². The number of hydrogen-bond donors (Lipinski definition) is 1. The van der Waals surface area contributed by atoms with Crippen molar-refractivity contribution in [3.8, 4) is 0 Å². The number of rotatable bonds is 7. The lowest BCUT2D eigenvalue weighted by Gasteiger charge is -2.15. The summed E-state index contributed by atoms with van der Waals surface area (Å²) in [5.41, 5.74) is 2.85. The average molecular weight is 364 g/mol. The van der Waals surface area contributed by atoms with E-state index in [1.807, 2.05) is 49.6 Å². The lowest BCUT2D eigenvalue weighted by atomic mass is 10.1. The van der Waals surface area contributed by atoms with Gasteiger partial charge in [-0.05, 0) is 43.8 Å². The summed E-state index contributed by atoms with van der Waals surface area (Å²) in [5.74, 6) is 0.313. The normalized spacial score (nSPS) is 11.8. The highest BCUT2D eigenvalue weighted by Crippen LogP contribution is 2.18. The minimum Gasteiger partial charge on any atom is -0.452 e. The first-order valence-corrected chi connectivity index (χ1v) is 9.67. The molecule has 6 heteroatoms. The molecule has 1 atom stereocenters. The van der Waals surface area contributed by atoms with Crippen LogP contribution in [0.3, 0.4) is 0 Å². The molecule has 0 spiro atoms. The Morgan fingerprint density at radius 1 is 1.29 bits per heavy atom. The van der Waals surface area contributed by atoms with Crippen LogP contribution in [0.4, 0.5) is 5.69 Å². The summed E-state index contributed by atoms with van der Waals surface area (Å²) in [5, 5.41) is 4.81. The monoisotopic (exact) mass is 363 g/mol. The van der Waals surface area contributed by atoms with E-state index in [1.54, 1.807) is 18.3 Å². The maximum atomic E-state index is 12.2. The van der Waals surface area contributed by atoms with E-state index in [4.69, 9.17) is 4.74 Å². The fraction of sp³-hybridized carbons (Fsp3) is 0.333. The number of carbonyl (C=O) groups is 2. The van der Waals surface area contributed by atoms with Gasteiger partial charge in [0.05, 0.1) is 5.75 Å². The summed E-state index contributed by atoms with van der Waals surface area (Å²) < 4.78 is 5.20. The van der Waals surface area contributed by atoms with Crippen LogP contribution < -0.4 is 5.32 Å². The molecule has 0 aliphatic rings. The van der Waals surface area contributed by atoms with Gasteiger partial charge in [0.25, 0.3) is 5.91 Å². The van der Waals surface area contributed by atoms with Gasteiger partial charge in [0.15, 0.2) is 6.10 Å². The van der Waals surface area contributed by atoms with Crippen LogP contribution in [0.5, 0.6) is 0 Å². The van der Waals surface area contributed by atoms with Gasteiger partial charge in [0, 0.05) is 16.3 Å². The van der Waals surface area contributed by atoms with Gasteiger partial charge in [-0.3, -0.25) is 9.59 Å². The molecule has 2 rings (SSSR count). The van der Waals surface area contributed by atoms with Gasteiger partial charge in [-0.15, -0.1) is 23.1 Å². The minimum absolute atomic E-state index is 0.235. The van der Waals surface area contributed by atoms with Gasteiger partial charge < -0.3 is 10.1 Å². The third-order valence-corrected chi connectivity index (χ3v) is 5.38. The molecule has 1 amide bonds. The summed E-state index contributed by atoms with van der Waals surface area (Å²) in [7, 11) is 0. The van der Waals surface area contributed by atoms with E-state index in [0.717, 1.165) is 22.6 Å². The molecule has 0 radical (unpaired) electrons. The number of hydrogen-bond acceptors (Lipinski definition) is 5. The van der Waals surface area contributed by atoms with E-state index in [1.165, 1.54) is 16.6 Å². The van der Waals surface area contributed by atoms with Crippen LogP contribution >= 0.6 is 23.1 Å². The first kappa shape index (κ1) is 18.5. The number of benzene rings is 1. The molecule has 24 heavy (non-hydrogen) atoms. The largest absolute Gasteiger partial charge is 0.452 e. The Bertz CT molecular complexity index is 698. The highest BCUT2D eigenvalue weighted by Gasteiger charge is 2.18. The lowest BCUT2D eigenvalue weighted by molar-refractivity contribution is -0.150. The average Bonchev–Trinajstić information content (AvgIpc) is 3.03. The number of aryl methyl sites for hydroxylation is 2. The molecule has 0 aliphatic heterocycles. The van der Waals surface area contributed by atoms with Gasteiger partial charge in [0.1, 0.15) is 0 Å². The number of carbonyl (C=O) groups excluding carboxylic acids is 2. The first-order valence-electron chi connectivity index (χ1n) is 7.63. The third-order valence-electron chi connectivity index (χ3n) is 3.36. The van der Waals surface area contributed by atoms with Crippen molar-refractivity contribution in [3.63, 3.8) is 0 Å². The molecule has 0 saturated heterocycles. The van der Waals surface area contributed by atoms with Crippen molar-refractivity contribution in [2.75, 3.05) is 11.1 Å². The van der Waals surface area contributed by atoms with Crippen LogP contribution in [-0.2, 0) is 20.1 Å². The summed E-state index contributed by atoms with van der Waals surface area (Å²) >= 11 is 3.14. The zero-order chi connectivity index (χ0) is 17.5. The molecule has 0 saturated carbocycles. The fourth-order valence-electron chi connectivity index (χ4n) is 2.10. The molecule has 0 bridgehead atoms. The summed E-state index contributed by atoms with van der Waals surface area (Å²) in [6.45, 7) is 5.51. The van der Waals surface area contributed by atoms with Gasteiger partial charge in [-0.25, -0.2) is 0 Å². The number of esters is 1. The lowest BCUT2D eigenvalue weighted by Crippen LogP contribution is -2.30. The van der Waals surface area contributed by atoms with E-state index in [2.05, 4.69) is 5.32 Å². The molecule has 0 aliphatic carbocycles. The van der Waals surface area contributed by atoms with E-state index in [-0.39, 0.29) is 17.6 Å². The van der Waals surface area contributed by atoms with E-state index >= 15 is 0 Å². The predicted octanol–water partition coefficient (Wildman–Crippen LogP) is 4.17. The standard InChI is InChI=1S/C18H21NO3S2/c1-12-6-7-16(13(2)9-12)19-18(21)14(3)22-17(20)11-23-10-15-5-4-8-24-15/h4-9,14H,10-11H2,1-3H3,(H,19,21)/t14-/m1/s1. The summed E-state index contributed by atoms with van der Waals surface area (Å²) in [6, 6.07) is 9.79. The number of thioether (sulfide) groups is 1. The predicted molar refractivity (Wildman–Crippen MR) is 101 cm³/mol. The molecule has 1 aromatic carbocycles. The number of amides is 1. The van der Waals surface area contributed by atoms with Crippen LogP contribution in [0.1, 0.15) is 22.9 Å². The molecule has 1 N–H and O–H groups in total. The Morgan fingerprint density at radius 2 is 2.08 bits per heavy atom. The quantitative estimate of drug-likeness (QED) is 0.750. The van der Waals surface area contributed by atoms with E-state index in [9.17, 15) is 9.59 Å². The van der Waals surface area contributed by atoms with Crippen molar-refractivity contribution in [1.82, 2.24) is 0 Å². The molecule has 1 heterocycles. The van der Waals surface area contributed by atoms with Crippen molar-refractivity contribution >= 4 is 40.7 Å². The van der Waals surface area contributed by atoms with Gasteiger partial charge in [0.2, 0.25) is 0 Å². The second-order valence-corrected chi connectivity index (χ2v) is 7.53. The van der Waals surface area contributed by atoms with Crippen molar-refractivity contribution in [3.05, 3.63) is 51.7 Å². The maximum absolute atomic E-state index is 12.2. The number of nitrogens with one attached hydrogen (secondary N) is 1.